The molecule has 0 aliphatic heterocycles. The van der Waals surface area contributed by atoms with E-state index < -0.39 is 5.60 Å². The molecular weight excluding hydrogens is 152 g/mol. The van der Waals surface area contributed by atoms with Crippen LogP contribution in [0.15, 0.2) is 0 Å². The first-order valence-electron chi connectivity index (χ1n) is 4.22. The van der Waals surface area contributed by atoms with Gasteiger partial charge in [0, 0.05) is 12.8 Å². The molecule has 1 aliphatic rings. The lowest BCUT2D eigenvalue weighted by atomic mass is 10.1. The molecule has 0 saturated heterocycles. The zero-order valence-corrected chi connectivity index (χ0v) is 7.81. The molecule has 2 nitrogen and oxygen atoms in total. The molecule has 0 bridgehead atoms. The minimum Gasteiger partial charge on any atom is -0.447 e. The highest BCUT2D eigenvalue weighted by molar-refractivity contribution is 5.67. The van der Waals surface area contributed by atoms with Gasteiger partial charge in [-0.3, -0.25) is 4.79 Å². The second-order valence-electron chi connectivity index (χ2n) is 3.65. The van der Waals surface area contributed by atoms with Gasteiger partial charge in [-0.05, 0) is 26.7 Å². The molecule has 1 rings (SSSR count). The van der Waals surface area contributed by atoms with Crippen molar-refractivity contribution in [1.29, 1.82) is 0 Å². The summed E-state index contributed by atoms with van der Waals surface area (Å²) >= 11 is 0. The van der Waals surface area contributed by atoms with Crippen LogP contribution in [0.25, 0.3) is 0 Å². The molecule has 0 atom stereocenters. The van der Waals surface area contributed by atoms with Gasteiger partial charge in [-0.25, -0.2) is 0 Å². The number of ether oxygens (including phenoxy) is 1. The molecular formula is C10H14O2. The summed E-state index contributed by atoms with van der Waals surface area (Å²) in [6.07, 6.45) is 2.40. The normalized spacial score (nSPS) is 16.2. The highest BCUT2D eigenvalue weighted by atomic mass is 16.6. The van der Waals surface area contributed by atoms with Crippen LogP contribution >= 0.6 is 0 Å². The smallest absolute Gasteiger partial charge is 0.304 e. The maximum atomic E-state index is 10.6. The van der Waals surface area contributed by atoms with Crippen LogP contribution in [-0.2, 0) is 9.53 Å². The molecule has 66 valence electrons. The van der Waals surface area contributed by atoms with E-state index in [-0.39, 0.29) is 5.97 Å². The van der Waals surface area contributed by atoms with Crippen LogP contribution in [0.5, 0.6) is 0 Å². The highest BCUT2D eigenvalue weighted by Gasteiger charge is 2.21. The molecule has 0 aromatic heterocycles. The van der Waals surface area contributed by atoms with Crippen molar-refractivity contribution in [3.63, 3.8) is 0 Å². The second-order valence-corrected chi connectivity index (χ2v) is 3.65. The van der Waals surface area contributed by atoms with Gasteiger partial charge in [0.1, 0.15) is 0 Å². The standard InChI is InChI=1S/C10H14O2/c1-8(11)12-10(2,3)7-6-9-4-5-9/h9H,4-5H2,1-3H3. The van der Waals surface area contributed by atoms with Crippen LogP contribution in [0.4, 0.5) is 0 Å². The number of carbonyl (C=O) groups excluding carboxylic acids is 1. The average molecular weight is 166 g/mol. The van der Waals surface area contributed by atoms with Crippen LogP contribution in [0.3, 0.4) is 0 Å². The van der Waals surface area contributed by atoms with E-state index in [2.05, 4.69) is 11.8 Å². The summed E-state index contributed by atoms with van der Waals surface area (Å²) in [4.78, 5) is 10.6. The zero-order chi connectivity index (χ0) is 9.19. The van der Waals surface area contributed by atoms with Crippen LogP contribution in [0.1, 0.15) is 33.6 Å². The molecule has 1 saturated carbocycles. The largest absolute Gasteiger partial charge is 0.447 e. The first-order chi connectivity index (χ1) is 5.49. The average Bonchev–Trinajstić information content (AvgIpc) is 2.62. The first kappa shape index (κ1) is 9.12. The van der Waals surface area contributed by atoms with E-state index in [9.17, 15) is 4.79 Å². The summed E-state index contributed by atoms with van der Waals surface area (Å²) in [6, 6.07) is 0. The van der Waals surface area contributed by atoms with Crippen molar-refractivity contribution in [2.24, 2.45) is 5.92 Å². The number of hydrogen-bond donors (Lipinski definition) is 0. The molecule has 1 aliphatic carbocycles. The van der Waals surface area contributed by atoms with E-state index in [4.69, 9.17) is 4.74 Å². The lowest BCUT2D eigenvalue weighted by Crippen LogP contribution is -2.24. The van der Waals surface area contributed by atoms with E-state index in [0.717, 1.165) is 0 Å². The third-order valence-corrected chi connectivity index (χ3v) is 1.55. The van der Waals surface area contributed by atoms with Crippen molar-refractivity contribution >= 4 is 5.97 Å². The van der Waals surface area contributed by atoms with Crippen LogP contribution in [0, 0.1) is 17.8 Å². The molecule has 0 spiro atoms. The minimum atomic E-state index is -0.617. The summed E-state index contributed by atoms with van der Waals surface area (Å²) < 4.78 is 5.00. The van der Waals surface area contributed by atoms with E-state index in [1.165, 1.54) is 19.8 Å². The molecule has 2 heteroatoms. The Morgan fingerprint density at radius 1 is 1.50 bits per heavy atom. The van der Waals surface area contributed by atoms with Crippen molar-refractivity contribution in [2.75, 3.05) is 0 Å². The molecule has 0 amide bonds. The fourth-order valence-electron chi connectivity index (χ4n) is 0.888. The Morgan fingerprint density at radius 3 is 2.50 bits per heavy atom. The predicted octanol–water partition coefficient (Wildman–Crippen LogP) is 1.74. The maximum Gasteiger partial charge on any atom is 0.304 e. The maximum absolute atomic E-state index is 10.6. The van der Waals surface area contributed by atoms with E-state index in [1.807, 2.05) is 13.8 Å². The molecule has 12 heavy (non-hydrogen) atoms. The van der Waals surface area contributed by atoms with Gasteiger partial charge in [0.05, 0.1) is 0 Å². The van der Waals surface area contributed by atoms with E-state index >= 15 is 0 Å². The Hall–Kier alpha value is -0.970. The van der Waals surface area contributed by atoms with Gasteiger partial charge in [-0.2, -0.15) is 0 Å². The Bertz CT molecular complexity index is 238. The zero-order valence-electron chi connectivity index (χ0n) is 7.81. The molecule has 0 N–H and O–H groups in total. The van der Waals surface area contributed by atoms with Gasteiger partial charge in [-0.15, -0.1) is 0 Å². The third kappa shape index (κ3) is 3.43. The molecule has 0 aromatic carbocycles. The van der Waals surface area contributed by atoms with E-state index in [1.54, 1.807) is 0 Å². The molecule has 0 heterocycles. The lowest BCUT2D eigenvalue weighted by molar-refractivity contribution is -0.148. The van der Waals surface area contributed by atoms with Crippen molar-refractivity contribution in [3.8, 4) is 11.8 Å². The molecule has 1 fully saturated rings. The van der Waals surface area contributed by atoms with Crippen molar-refractivity contribution in [3.05, 3.63) is 0 Å². The Labute approximate surface area is 73.3 Å². The van der Waals surface area contributed by atoms with Gasteiger partial charge in [0.15, 0.2) is 5.60 Å². The third-order valence-electron chi connectivity index (χ3n) is 1.55. The second kappa shape index (κ2) is 3.18. The van der Waals surface area contributed by atoms with Gasteiger partial charge in [-0.1, -0.05) is 11.8 Å². The van der Waals surface area contributed by atoms with Crippen molar-refractivity contribution in [1.82, 2.24) is 0 Å². The highest BCUT2D eigenvalue weighted by Crippen LogP contribution is 2.27. The van der Waals surface area contributed by atoms with Gasteiger partial charge >= 0.3 is 5.97 Å². The predicted molar refractivity (Wildman–Crippen MR) is 46.3 cm³/mol. The van der Waals surface area contributed by atoms with Gasteiger partial charge in [0.2, 0.25) is 0 Å². The number of rotatable bonds is 1. The molecule has 0 aromatic rings. The van der Waals surface area contributed by atoms with Crippen LogP contribution in [-0.4, -0.2) is 11.6 Å². The Kier molecular flexibility index (Phi) is 2.42. The van der Waals surface area contributed by atoms with Crippen molar-refractivity contribution < 1.29 is 9.53 Å². The number of esters is 1. The van der Waals surface area contributed by atoms with E-state index in [0.29, 0.717) is 5.92 Å². The quantitative estimate of drug-likeness (QED) is 0.438. The topological polar surface area (TPSA) is 26.3 Å². The number of carbonyl (C=O) groups is 1. The summed E-state index contributed by atoms with van der Waals surface area (Å²) in [6.45, 7) is 5.02. The lowest BCUT2D eigenvalue weighted by Gasteiger charge is -2.16. The summed E-state index contributed by atoms with van der Waals surface area (Å²) in [5.74, 6) is 6.32. The van der Waals surface area contributed by atoms with Gasteiger partial charge in [0.25, 0.3) is 0 Å². The van der Waals surface area contributed by atoms with Crippen molar-refractivity contribution in [2.45, 2.75) is 39.2 Å². The fourth-order valence-corrected chi connectivity index (χ4v) is 0.888. The number of hydrogen-bond acceptors (Lipinski definition) is 2. The molecule has 0 unspecified atom stereocenters. The summed E-state index contributed by atoms with van der Waals surface area (Å²) in [7, 11) is 0. The summed E-state index contributed by atoms with van der Waals surface area (Å²) in [5.41, 5.74) is -0.617. The Balaban J connectivity index is 2.47. The monoisotopic (exact) mass is 166 g/mol. The minimum absolute atomic E-state index is 0.273. The van der Waals surface area contributed by atoms with Crippen LogP contribution < -0.4 is 0 Å². The Morgan fingerprint density at radius 2 is 2.08 bits per heavy atom. The summed E-state index contributed by atoms with van der Waals surface area (Å²) in [5, 5.41) is 0. The van der Waals surface area contributed by atoms with Crippen LogP contribution in [0.2, 0.25) is 0 Å². The first-order valence-corrected chi connectivity index (χ1v) is 4.22. The van der Waals surface area contributed by atoms with Gasteiger partial charge < -0.3 is 4.74 Å². The SMILES string of the molecule is CC(=O)OC(C)(C)C#CC1CC1. The fraction of sp³-hybridized carbons (Fsp3) is 0.700. The molecule has 0 radical (unpaired) electrons.